The molecule has 1 aliphatic carbocycles. The first-order valence-electron chi connectivity index (χ1n) is 5.74. The Bertz CT molecular complexity index is 455. The molecule has 1 aromatic rings. The van der Waals surface area contributed by atoms with Gasteiger partial charge in [-0.15, -0.1) is 0 Å². The molecule has 0 bridgehead atoms. The molecule has 0 radical (unpaired) electrons. The number of carbonyl (C=O) groups excluding carboxylic acids is 1. The number of aliphatic carboxylic acids is 1. The van der Waals surface area contributed by atoms with Gasteiger partial charge in [0.25, 0.3) is 0 Å². The minimum Gasteiger partial charge on any atom is -0.483 e. The molecule has 18 heavy (non-hydrogen) atoms. The minimum atomic E-state index is -0.868. The van der Waals surface area contributed by atoms with Crippen molar-refractivity contribution in [2.75, 3.05) is 0 Å². The maximum Gasteiger partial charge on any atom is 0.306 e. The Hall–Kier alpha value is -1.55. The average molecular weight is 269 g/mol. The Labute approximate surface area is 110 Å². The molecule has 0 aromatic heterocycles. The van der Waals surface area contributed by atoms with Gasteiger partial charge < -0.3 is 9.84 Å². The third-order valence-electron chi connectivity index (χ3n) is 3.04. The Morgan fingerprint density at radius 1 is 1.33 bits per heavy atom. The smallest absolute Gasteiger partial charge is 0.306 e. The van der Waals surface area contributed by atoms with Crippen LogP contribution in [0.25, 0.3) is 0 Å². The molecule has 0 saturated heterocycles. The number of ether oxygens (including phenoxy) is 1. The summed E-state index contributed by atoms with van der Waals surface area (Å²) in [7, 11) is 0. The summed E-state index contributed by atoms with van der Waals surface area (Å²) in [6.45, 7) is 0. The quantitative estimate of drug-likeness (QED) is 0.915. The Kier molecular flexibility index (Phi) is 3.87. The normalized spacial score (nSPS) is 23.7. The van der Waals surface area contributed by atoms with Crippen molar-refractivity contribution in [1.82, 2.24) is 0 Å². The average Bonchev–Trinajstić information content (AvgIpc) is 2.34. The van der Waals surface area contributed by atoms with E-state index in [4.69, 9.17) is 21.4 Å². The summed E-state index contributed by atoms with van der Waals surface area (Å²) in [5.41, 5.74) is 0. The topological polar surface area (TPSA) is 63.6 Å². The molecule has 0 amide bonds. The van der Waals surface area contributed by atoms with Crippen molar-refractivity contribution in [1.29, 1.82) is 0 Å². The summed E-state index contributed by atoms with van der Waals surface area (Å²) in [5, 5.41) is 9.54. The van der Waals surface area contributed by atoms with Gasteiger partial charge in [-0.3, -0.25) is 9.59 Å². The van der Waals surface area contributed by atoms with Crippen LogP contribution in [0.2, 0.25) is 5.02 Å². The van der Waals surface area contributed by atoms with Crippen LogP contribution >= 0.6 is 11.6 Å². The molecule has 1 fully saturated rings. The molecular formula is C13H13ClO4. The third kappa shape index (κ3) is 3.01. The standard InChI is InChI=1S/C13H13ClO4/c14-9-2-4-10(5-3-9)18-12-7-8(13(16)17)1-6-11(12)15/h2-5,8,12H,1,6-7H2,(H,16,17). The van der Waals surface area contributed by atoms with Crippen molar-refractivity contribution in [2.24, 2.45) is 5.92 Å². The highest BCUT2D eigenvalue weighted by molar-refractivity contribution is 6.30. The van der Waals surface area contributed by atoms with Gasteiger partial charge in [0, 0.05) is 17.9 Å². The molecule has 1 N–H and O–H groups in total. The van der Waals surface area contributed by atoms with Gasteiger partial charge in [0.1, 0.15) is 5.75 Å². The van der Waals surface area contributed by atoms with Crippen LogP contribution in [0.5, 0.6) is 5.75 Å². The zero-order valence-electron chi connectivity index (χ0n) is 9.64. The molecule has 5 heteroatoms. The third-order valence-corrected chi connectivity index (χ3v) is 3.29. The van der Waals surface area contributed by atoms with E-state index >= 15 is 0 Å². The predicted molar refractivity (Wildman–Crippen MR) is 65.9 cm³/mol. The summed E-state index contributed by atoms with van der Waals surface area (Å²) in [6, 6.07) is 6.66. The number of ketones is 1. The summed E-state index contributed by atoms with van der Waals surface area (Å²) in [6.07, 6.45) is 0.224. The van der Waals surface area contributed by atoms with E-state index in [1.54, 1.807) is 24.3 Å². The lowest BCUT2D eigenvalue weighted by atomic mass is 9.86. The van der Waals surface area contributed by atoms with Crippen LogP contribution in [0.15, 0.2) is 24.3 Å². The summed E-state index contributed by atoms with van der Waals surface area (Å²) in [5.74, 6) is -0.876. The minimum absolute atomic E-state index is 0.0394. The first-order valence-corrected chi connectivity index (χ1v) is 6.12. The largest absolute Gasteiger partial charge is 0.483 e. The lowest BCUT2D eigenvalue weighted by Gasteiger charge is -2.26. The van der Waals surface area contributed by atoms with Gasteiger partial charge in [-0.05, 0) is 30.7 Å². The molecule has 4 nitrogen and oxygen atoms in total. The lowest BCUT2D eigenvalue weighted by Crippen LogP contribution is -2.37. The van der Waals surface area contributed by atoms with Gasteiger partial charge in [-0.1, -0.05) is 11.6 Å². The van der Waals surface area contributed by atoms with E-state index in [2.05, 4.69) is 0 Å². The van der Waals surface area contributed by atoms with E-state index in [1.807, 2.05) is 0 Å². The number of halogens is 1. The van der Waals surface area contributed by atoms with Crippen LogP contribution in [0, 0.1) is 5.92 Å². The van der Waals surface area contributed by atoms with Crippen LogP contribution < -0.4 is 4.74 Å². The number of carbonyl (C=O) groups is 2. The van der Waals surface area contributed by atoms with Gasteiger partial charge >= 0.3 is 5.97 Å². The fourth-order valence-corrected chi connectivity index (χ4v) is 2.13. The van der Waals surface area contributed by atoms with Crippen molar-refractivity contribution in [3.63, 3.8) is 0 Å². The molecular weight excluding hydrogens is 256 g/mol. The fraction of sp³-hybridized carbons (Fsp3) is 0.385. The molecule has 2 unspecified atom stereocenters. The van der Waals surface area contributed by atoms with Crippen LogP contribution in [0.3, 0.4) is 0 Å². The van der Waals surface area contributed by atoms with E-state index in [0.717, 1.165) is 0 Å². The number of benzene rings is 1. The van der Waals surface area contributed by atoms with Gasteiger partial charge in [0.15, 0.2) is 11.9 Å². The first kappa shape index (κ1) is 12.9. The van der Waals surface area contributed by atoms with Crippen LogP contribution in [0.4, 0.5) is 0 Å². The van der Waals surface area contributed by atoms with Gasteiger partial charge in [-0.2, -0.15) is 0 Å². The van der Waals surface area contributed by atoms with Crippen LogP contribution in [-0.4, -0.2) is 23.0 Å². The monoisotopic (exact) mass is 268 g/mol. The molecule has 1 saturated carbocycles. The predicted octanol–water partition coefficient (Wildman–Crippen LogP) is 2.54. The zero-order valence-corrected chi connectivity index (χ0v) is 10.4. The fourth-order valence-electron chi connectivity index (χ4n) is 2.00. The van der Waals surface area contributed by atoms with Gasteiger partial charge in [0.2, 0.25) is 0 Å². The number of hydrogen-bond acceptors (Lipinski definition) is 3. The SMILES string of the molecule is O=C(O)C1CCC(=O)C(Oc2ccc(Cl)cc2)C1. The highest BCUT2D eigenvalue weighted by Crippen LogP contribution is 2.26. The van der Waals surface area contributed by atoms with E-state index in [1.165, 1.54) is 0 Å². The number of carboxylic acids is 1. The zero-order chi connectivity index (χ0) is 13.1. The van der Waals surface area contributed by atoms with Crippen molar-refractivity contribution >= 4 is 23.4 Å². The molecule has 1 aromatic carbocycles. The molecule has 2 rings (SSSR count). The second-order valence-corrected chi connectivity index (χ2v) is 4.77. The Balaban J connectivity index is 2.04. The van der Waals surface area contributed by atoms with E-state index < -0.39 is 18.0 Å². The van der Waals surface area contributed by atoms with E-state index in [-0.39, 0.29) is 18.6 Å². The van der Waals surface area contributed by atoms with Crippen molar-refractivity contribution in [2.45, 2.75) is 25.4 Å². The summed E-state index contributed by atoms with van der Waals surface area (Å²) in [4.78, 5) is 22.6. The molecule has 1 aliphatic rings. The number of Topliss-reactive ketones (excluding diaryl/α,β-unsaturated/α-hetero) is 1. The van der Waals surface area contributed by atoms with Crippen molar-refractivity contribution in [3.05, 3.63) is 29.3 Å². The van der Waals surface area contributed by atoms with Gasteiger partial charge in [0.05, 0.1) is 5.92 Å². The van der Waals surface area contributed by atoms with Crippen LogP contribution in [0.1, 0.15) is 19.3 Å². The Morgan fingerprint density at radius 2 is 2.00 bits per heavy atom. The van der Waals surface area contributed by atoms with E-state index in [0.29, 0.717) is 17.2 Å². The van der Waals surface area contributed by atoms with Gasteiger partial charge in [-0.25, -0.2) is 0 Å². The lowest BCUT2D eigenvalue weighted by molar-refractivity contribution is -0.145. The first-order chi connectivity index (χ1) is 8.56. The Morgan fingerprint density at radius 3 is 2.61 bits per heavy atom. The molecule has 0 heterocycles. The molecule has 0 spiro atoms. The highest BCUT2D eigenvalue weighted by Gasteiger charge is 2.33. The molecule has 2 atom stereocenters. The number of hydrogen-bond donors (Lipinski definition) is 1. The molecule has 0 aliphatic heterocycles. The maximum absolute atomic E-state index is 11.7. The second kappa shape index (κ2) is 5.40. The molecule has 96 valence electrons. The summed E-state index contributed by atoms with van der Waals surface area (Å²) < 4.78 is 5.53. The second-order valence-electron chi connectivity index (χ2n) is 4.34. The highest BCUT2D eigenvalue weighted by atomic mass is 35.5. The maximum atomic E-state index is 11.7. The van der Waals surface area contributed by atoms with Crippen LogP contribution in [-0.2, 0) is 9.59 Å². The summed E-state index contributed by atoms with van der Waals surface area (Å²) >= 11 is 5.75. The number of carboxylic acid groups (broad SMARTS) is 1. The van der Waals surface area contributed by atoms with Crippen molar-refractivity contribution in [3.8, 4) is 5.75 Å². The van der Waals surface area contributed by atoms with Crippen molar-refractivity contribution < 1.29 is 19.4 Å². The number of rotatable bonds is 3. The van der Waals surface area contributed by atoms with E-state index in [9.17, 15) is 9.59 Å².